The third-order valence-corrected chi connectivity index (χ3v) is 3.76. The van der Waals surface area contributed by atoms with E-state index in [0.29, 0.717) is 11.2 Å². The monoisotopic (exact) mass is 330 g/mol. The molecule has 22 heavy (non-hydrogen) atoms. The molecule has 1 fully saturated rings. The Morgan fingerprint density at radius 1 is 1.45 bits per heavy atom. The molecule has 2 aromatic heterocycles. The predicted octanol–water partition coefficient (Wildman–Crippen LogP) is -0.510. The second-order valence-electron chi connectivity index (χ2n) is 4.93. The third kappa shape index (κ3) is 2.50. The molecule has 0 spiro atoms. The SMILES string of the molecule is COc1nc(Cl)nc2c1ncn2[C@@H]1C[C@@H](O)[C@H](O)[C@@H](CO)O1. The molecule has 1 saturated heterocycles. The first-order chi connectivity index (χ1) is 10.5. The Bertz CT molecular complexity index is 681. The van der Waals surface area contributed by atoms with Crippen LogP contribution in [0.3, 0.4) is 0 Å². The van der Waals surface area contributed by atoms with Gasteiger partial charge in [0.1, 0.15) is 18.4 Å². The molecular formula is C12H15ClN4O5. The van der Waals surface area contributed by atoms with E-state index in [1.807, 2.05) is 0 Å². The van der Waals surface area contributed by atoms with E-state index in [9.17, 15) is 15.3 Å². The van der Waals surface area contributed by atoms with E-state index in [1.54, 1.807) is 4.57 Å². The van der Waals surface area contributed by atoms with Gasteiger partial charge in [-0.1, -0.05) is 0 Å². The Morgan fingerprint density at radius 3 is 2.91 bits per heavy atom. The summed E-state index contributed by atoms with van der Waals surface area (Å²) in [7, 11) is 1.44. The van der Waals surface area contributed by atoms with Crippen LogP contribution in [-0.2, 0) is 4.74 Å². The number of methoxy groups -OCH3 is 1. The van der Waals surface area contributed by atoms with Crippen LogP contribution in [0.25, 0.3) is 11.2 Å². The van der Waals surface area contributed by atoms with E-state index < -0.39 is 31.1 Å². The molecule has 1 aliphatic heterocycles. The number of aromatic nitrogens is 4. The fourth-order valence-corrected chi connectivity index (χ4v) is 2.64. The van der Waals surface area contributed by atoms with Gasteiger partial charge in [-0.25, -0.2) is 4.98 Å². The highest BCUT2D eigenvalue weighted by atomic mass is 35.5. The van der Waals surface area contributed by atoms with Crippen molar-refractivity contribution >= 4 is 22.8 Å². The first-order valence-corrected chi connectivity index (χ1v) is 6.99. The fraction of sp³-hybridized carbons (Fsp3) is 0.583. The van der Waals surface area contributed by atoms with Gasteiger partial charge < -0.3 is 24.8 Å². The molecule has 0 bridgehead atoms. The number of fused-ring (bicyclic) bond motifs is 1. The number of halogens is 1. The molecule has 0 amide bonds. The molecular weight excluding hydrogens is 316 g/mol. The lowest BCUT2D eigenvalue weighted by atomic mass is 10.0. The number of nitrogens with zero attached hydrogens (tertiary/aromatic N) is 4. The summed E-state index contributed by atoms with van der Waals surface area (Å²) < 4.78 is 12.3. The van der Waals surface area contributed by atoms with Crippen molar-refractivity contribution in [1.82, 2.24) is 19.5 Å². The quantitative estimate of drug-likeness (QED) is 0.643. The highest BCUT2D eigenvalue weighted by molar-refractivity contribution is 6.28. The van der Waals surface area contributed by atoms with Crippen molar-refractivity contribution in [2.45, 2.75) is 31.0 Å². The van der Waals surface area contributed by atoms with E-state index in [4.69, 9.17) is 21.1 Å². The van der Waals surface area contributed by atoms with Crippen molar-refractivity contribution in [3.8, 4) is 5.88 Å². The fourth-order valence-electron chi connectivity index (χ4n) is 2.48. The van der Waals surface area contributed by atoms with Gasteiger partial charge in [0.25, 0.3) is 0 Å². The lowest BCUT2D eigenvalue weighted by Gasteiger charge is -2.36. The second-order valence-corrected chi connectivity index (χ2v) is 5.27. The highest BCUT2D eigenvalue weighted by Gasteiger charge is 2.37. The zero-order valence-corrected chi connectivity index (χ0v) is 12.4. The summed E-state index contributed by atoms with van der Waals surface area (Å²) in [5.74, 6) is 0.226. The van der Waals surface area contributed by atoms with Crippen molar-refractivity contribution in [2.75, 3.05) is 13.7 Å². The average molecular weight is 331 g/mol. The Balaban J connectivity index is 2.01. The minimum Gasteiger partial charge on any atom is -0.479 e. The predicted molar refractivity (Wildman–Crippen MR) is 74.5 cm³/mol. The Morgan fingerprint density at radius 2 is 2.23 bits per heavy atom. The van der Waals surface area contributed by atoms with Crippen LogP contribution in [0.2, 0.25) is 5.28 Å². The van der Waals surface area contributed by atoms with Gasteiger partial charge >= 0.3 is 0 Å². The van der Waals surface area contributed by atoms with Gasteiger partial charge in [-0.2, -0.15) is 9.97 Å². The lowest BCUT2D eigenvalue weighted by Crippen LogP contribution is -2.48. The molecule has 0 aliphatic carbocycles. The van der Waals surface area contributed by atoms with Crippen LogP contribution >= 0.6 is 11.6 Å². The zero-order valence-electron chi connectivity index (χ0n) is 11.6. The molecule has 120 valence electrons. The largest absolute Gasteiger partial charge is 0.479 e. The van der Waals surface area contributed by atoms with Crippen LogP contribution in [0.4, 0.5) is 0 Å². The maximum Gasteiger partial charge on any atom is 0.246 e. The molecule has 0 saturated carbocycles. The second kappa shape index (κ2) is 5.94. The minimum atomic E-state index is -1.15. The van der Waals surface area contributed by atoms with Crippen molar-refractivity contribution in [2.24, 2.45) is 0 Å². The number of ether oxygens (including phenoxy) is 2. The van der Waals surface area contributed by atoms with E-state index in [2.05, 4.69) is 15.0 Å². The summed E-state index contributed by atoms with van der Waals surface area (Å²) in [4.78, 5) is 12.2. The molecule has 1 aliphatic rings. The van der Waals surface area contributed by atoms with Gasteiger partial charge in [0.05, 0.1) is 26.1 Å². The van der Waals surface area contributed by atoms with E-state index in [1.165, 1.54) is 13.4 Å². The van der Waals surface area contributed by atoms with Crippen LogP contribution in [-0.4, -0.2) is 66.9 Å². The number of aliphatic hydroxyl groups is 3. The topological polar surface area (TPSA) is 123 Å². The van der Waals surface area contributed by atoms with Crippen molar-refractivity contribution in [1.29, 1.82) is 0 Å². The number of hydrogen-bond donors (Lipinski definition) is 3. The molecule has 3 rings (SSSR count). The smallest absolute Gasteiger partial charge is 0.246 e. The average Bonchev–Trinajstić information content (AvgIpc) is 2.92. The van der Waals surface area contributed by atoms with E-state index in [0.717, 1.165) is 0 Å². The summed E-state index contributed by atoms with van der Waals surface area (Å²) in [5, 5.41) is 28.9. The summed E-state index contributed by atoms with van der Waals surface area (Å²) in [6, 6.07) is 0. The van der Waals surface area contributed by atoms with Crippen LogP contribution < -0.4 is 4.74 Å². The molecule has 9 nitrogen and oxygen atoms in total. The van der Waals surface area contributed by atoms with Crippen molar-refractivity contribution in [3.63, 3.8) is 0 Å². The van der Waals surface area contributed by atoms with Gasteiger partial charge in [-0.15, -0.1) is 0 Å². The van der Waals surface area contributed by atoms with Crippen LogP contribution in [0.5, 0.6) is 5.88 Å². The molecule has 2 aromatic rings. The number of imidazole rings is 1. The van der Waals surface area contributed by atoms with Gasteiger partial charge in [0, 0.05) is 6.42 Å². The molecule has 0 aromatic carbocycles. The Labute approximate surface area is 130 Å². The summed E-state index contributed by atoms with van der Waals surface area (Å²) in [6.45, 7) is -0.416. The van der Waals surface area contributed by atoms with Crippen LogP contribution in [0.15, 0.2) is 6.33 Å². The molecule has 0 unspecified atom stereocenters. The molecule has 3 N–H and O–H groups in total. The van der Waals surface area contributed by atoms with Gasteiger partial charge in [0.15, 0.2) is 11.2 Å². The summed E-state index contributed by atoms with van der Waals surface area (Å²) >= 11 is 5.86. The van der Waals surface area contributed by atoms with Gasteiger partial charge in [-0.3, -0.25) is 4.57 Å². The summed E-state index contributed by atoms with van der Waals surface area (Å²) in [6.07, 6.45) is -2.16. The standard InChI is InChI=1S/C12H15ClN4O5/c1-21-11-8-10(15-12(13)16-11)17(4-14-8)7-2-5(19)9(20)6(3-18)22-7/h4-7,9,18-20H,2-3H2,1H3/t5-,6-,7+,9+/m1/s1. The van der Waals surface area contributed by atoms with E-state index >= 15 is 0 Å². The highest BCUT2D eigenvalue weighted by Crippen LogP contribution is 2.31. The normalized spacial score (nSPS) is 29.0. The van der Waals surface area contributed by atoms with Gasteiger partial charge in [-0.05, 0) is 11.6 Å². The number of rotatable bonds is 3. The Kier molecular flexibility index (Phi) is 4.15. The Hall–Kier alpha value is -1.52. The van der Waals surface area contributed by atoms with Crippen molar-refractivity contribution < 1.29 is 24.8 Å². The van der Waals surface area contributed by atoms with Crippen LogP contribution in [0, 0.1) is 0 Å². The molecule has 0 radical (unpaired) electrons. The number of aliphatic hydroxyl groups excluding tert-OH is 3. The first kappa shape index (κ1) is 15.4. The maximum atomic E-state index is 9.92. The minimum absolute atomic E-state index is 0.0128. The zero-order chi connectivity index (χ0) is 15.9. The number of hydrogen-bond acceptors (Lipinski definition) is 8. The van der Waals surface area contributed by atoms with Gasteiger partial charge in [0.2, 0.25) is 11.2 Å². The van der Waals surface area contributed by atoms with Crippen LogP contribution in [0.1, 0.15) is 12.6 Å². The first-order valence-electron chi connectivity index (χ1n) is 6.61. The molecule has 3 heterocycles. The third-order valence-electron chi connectivity index (χ3n) is 3.60. The molecule has 4 atom stereocenters. The van der Waals surface area contributed by atoms with Crippen molar-refractivity contribution in [3.05, 3.63) is 11.6 Å². The van der Waals surface area contributed by atoms with E-state index in [-0.39, 0.29) is 17.6 Å². The summed E-state index contributed by atoms with van der Waals surface area (Å²) in [5.41, 5.74) is 0.777. The maximum absolute atomic E-state index is 9.92. The lowest BCUT2D eigenvalue weighted by molar-refractivity contribution is -0.200. The molecule has 10 heteroatoms.